The first-order chi connectivity index (χ1) is 11.1. The van der Waals surface area contributed by atoms with E-state index in [9.17, 15) is 4.79 Å². The number of nitrogens with one attached hydrogen (secondary N) is 2. The van der Waals surface area contributed by atoms with Gasteiger partial charge in [-0.1, -0.05) is 44.7 Å². The van der Waals surface area contributed by atoms with Crippen LogP contribution in [0.25, 0.3) is 0 Å². The fraction of sp³-hybridized carbons (Fsp3) is 0.611. The van der Waals surface area contributed by atoms with Crippen LogP contribution in [0.1, 0.15) is 51.5 Å². The highest BCUT2D eigenvalue weighted by Crippen LogP contribution is 2.30. The van der Waals surface area contributed by atoms with Gasteiger partial charge in [0.2, 0.25) is 0 Å². The minimum Gasteiger partial charge on any atom is -0.493 e. The molecule has 2 N–H and O–H groups in total. The van der Waals surface area contributed by atoms with E-state index in [2.05, 4.69) is 17.6 Å². The molecule has 0 saturated heterocycles. The lowest BCUT2D eigenvalue weighted by atomic mass is 10.1. The van der Waals surface area contributed by atoms with E-state index in [-0.39, 0.29) is 12.1 Å². The Morgan fingerprint density at radius 3 is 2.61 bits per heavy atom. The average molecular weight is 322 g/mol. The predicted molar refractivity (Wildman–Crippen MR) is 93.1 cm³/mol. The van der Waals surface area contributed by atoms with Crippen LogP contribution < -0.4 is 20.1 Å². The molecule has 1 unspecified atom stereocenters. The quantitative estimate of drug-likeness (QED) is 0.643. The molecule has 1 aromatic carbocycles. The molecule has 23 heavy (non-hydrogen) atoms. The Morgan fingerprint density at radius 2 is 1.96 bits per heavy atom. The number of para-hydroxylation sites is 1. The maximum atomic E-state index is 12.0. The van der Waals surface area contributed by atoms with Gasteiger partial charge in [-0.25, -0.2) is 4.79 Å². The maximum Gasteiger partial charge on any atom is 0.315 e. The molecular weight excluding hydrogens is 292 g/mol. The molecule has 0 spiro atoms. The van der Waals surface area contributed by atoms with Gasteiger partial charge in [-0.05, 0) is 19.4 Å². The monoisotopic (exact) mass is 322 g/mol. The number of ether oxygens (including phenoxy) is 2. The zero-order valence-electron chi connectivity index (χ0n) is 14.8. The summed E-state index contributed by atoms with van der Waals surface area (Å²) in [6.45, 7) is 4.63. The van der Waals surface area contributed by atoms with Crippen LogP contribution in [-0.2, 0) is 6.54 Å². The number of rotatable bonds is 10. The van der Waals surface area contributed by atoms with Gasteiger partial charge in [-0.3, -0.25) is 0 Å². The molecular formula is C18H30N2O3. The molecule has 0 aliphatic rings. The van der Waals surface area contributed by atoms with Crippen LogP contribution in [0, 0.1) is 0 Å². The van der Waals surface area contributed by atoms with E-state index in [1.165, 1.54) is 19.3 Å². The standard InChI is InChI=1S/C18H30N2O3/c1-5-6-7-8-10-14(2)20-18(21)19-13-15-11-9-12-16(22-3)17(15)23-4/h9,11-12,14H,5-8,10,13H2,1-4H3,(H2,19,20,21). The van der Waals surface area contributed by atoms with Crippen LogP contribution in [0.15, 0.2) is 18.2 Å². The molecule has 1 aromatic rings. The van der Waals surface area contributed by atoms with Crippen molar-refractivity contribution in [1.29, 1.82) is 0 Å². The van der Waals surface area contributed by atoms with Crippen molar-refractivity contribution in [2.45, 2.75) is 58.5 Å². The fourth-order valence-electron chi connectivity index (χ4n) is 2.49. The highest BCUT2D eigenvalue weighted by molar-refractivity contribution is 5.74. The summed E-state index contributed by atoms with van der Waals surface area (Å²) in [5.41, 5.74) is 0.887. The van der Waals surface area contributed by atoms with Gasteiger partial charge in [0.1, 0.15) is 0 Å². The van der Waals surface area contributed by atoms with Crippen molar-refractivity contribution in [3.8, 4) is 11.5 Å². The average Bonchev–Trinajstić information content (AvgIpc) is 2.56. The summed E-state index contributed by atoms with van der Waals surface area (Å²) in [7, 11) is 3.20. The highest BCUT2D eigenvalue weighted by Gasteiger charge is 2.11. The zero-order chi connectivity index (χ0) is 17.1. The van der Waals surface area contributed by atoms with Gasteiger partial charge in [0.25, 0.3) is 0 Å². The van der Waals surface area contributed by atoms with E-state index in [1.807, 2.05) is 25.1 Å². The van der Waals surface area contributed by atoms with Crippen LogP contribution in [0.3, 0.4) is 0 Å². The van der Waals surface area contributed by atoms with Gasteiger partial charge in [-0.2, -0.15) is 0 Å². The van der Waals surface area contributed by atoms with E-state index in [0.29, 0.717) is 18.0 Å². The number of unbranched alkanes of at least 4 members (excludes halogenated alkanes) is 3. The summed E-state index contributed by atoms with van der Waals surface area (Å²) in [6.07, 6.45) is 5.87. The Morgan fingerprint density at radius 1 is 1.17 bits per heavy atom. The van der Waals surface area contributed by atoms with Gasteiger partial charge < -0.3 is 20.1 Å². The molecule has 130 valence electrons. The van der Waals surface area contributed by atoms with E-state index >= 15 is 0 Å². The van der Waals surface area contributed by atoms with E-state index < -0.39 is 0 Å². The fourth-order valence-corrected chi connectivity index (χ4v) is 2.49. The first-order valence-electron chi connectivity index (χ1n) is 8.36. The molecule has 5 heteroatoms. The minimum atomic E-state index is -0.155. The molecule has 5 nitrogen and oxygen atoms in total. The SMILES string of the molecule is CCCCCCC(C)NC(=O)NCc1cccc(OC)c1OC. The molecule has 0 aromatic heterocycles. The zero-order valence-corrected chi connectivity index (χ0v) is 14.8. The molecule has 0 fully saturated rings. The number of urea groups is 1. The molecule has 0 radical (unpaired) electrons. The maximum absolute atomic E-state index is 12.0. The number of hydrogen-bond donors (Lipinski definition) is 2. The normalized spacial score (nSPS) is 11.7. The molecule has 2 amide bonds. The summed E-state index contributed by atoms with van der Waals surface area (Å²) in [4.78, 5) is 12.0. The van der Waals surface area contributed by atoms with Crippen molar-refractivity contribution in [1.82, 2.24) is 10.6 Å². The Bertz CT molecular complexity index is 477. The van der Waals surface area contributed by atoms with Crippen LogP contribution >= 0.6 is 0 Å². The van der Waals surface area contributed by atoms with Gasteiger partial charge in [0.05, 0.1) is 14.2 Å². The van der Waals surface area contributed by atoms with E-state index in [0.717, 1.165) is 18.4 Å². The topological polar surface area (TPSA) is 59.6 Å². The predicted octanol–water partition coefficient (Wildman–Crippen LogP) is 3.86. The van der Waals surface area contributed by atoms with Crippen molar-refractivity contribution in [2.24, 2.45) is 0 Å². The Hall–Kier alpha value is -1.91. The van der Waals surface area contributed by atoms with Crippen molar-refractivity contribution in [2.75, 3.05) is 14.2 Å². The third kappa shape index (κ3) is 6.80. The number of amides is 2. The highest BCUT2D eigenvalue weighted by atomic mass is 16.5. The molecule has 1 atom stereocenters. The van der Waals surface area contributed by atoms with Crippen molar-refractivity contribution < 1.29 is 14.3 Å². The van der Waals surface area contributed by atoms with Crippen LogP contribution in [0.5, 0.6) is 11.5 Å². The summed E-state index contributed by atoms with van der Waals surface area (Å²) in [5, 5.41) is 5.84. The number of hydrogen-bond acceptors (Lipinski definition) is 3. The lowest BCUT2D eigenvalue weighted by Gasteiger charge is -2.16. The van der Waals surface area contributed by atoms with Crippen LogP contribution in [-0.4, -0.2) is 26.3 Å². The van der Waals surface area contributed by atoms with Gasteiger partial charge in [0.15, 0.2) is 11.5 Å². The third-order valence-corrected chi connectivity index (χ3v) is 3.79. The van der Waals surface area contributed by atoms with Gasteiger partial charge >= 0.3 is 6.03 Å². The van der Waals surface area contributed by atoms with Crippen molar-refractivity contribution >= 4 is 6.03 Å². The molecule has 1 rings (SSSR count). The smallest absolute Gasteiger partial charge is 0.315 e. The molecule has 0 aliphatic carbocycles. The Labute approximate surface area is 139 Å². The van der Waals surface area contributed by atoms with Crippen molar-refractivity contribution in [3.05, 3.63) is 23.8 Å². The second-order valence-electron chi connectivity index (χ2n) is 5.73. The van der Waals surface area contributed by atoms with Crippen LogP contribution in [0.4, 0.5) is 4.79 Å². The molecule has 0 heterocycles. The van der Waals surface area contributed by atoms with E-state index in [4.69, 9.17) is 9.47 Å². The number of methoxy groups -OCH3 is 2. The summed E-state index contributed by atoms with van der Waals surface area (Å²) in [5.74, 6) is 1.32. The molecule has 0 aliphatic heterocycles. The Kier molecular flexibility index (Phi) is 8.95. The summed E-state index contributed by atoms with van der Waals surface area (Å²) in [6, 6.07) is 5.65. The summed E-state index contributed by atoms with van der Waals surface area (Å²) < 4.78 is 10.6. The second-order valence-corrected chi connectivity index (χ2v) is 5.73. The second kappa shape index (κ2) is 10.8. The Balaban J connectivity index is 2.41. The van der Waals surface area contributed by atoms with Gasteiger partial charge in [0, 0.05) is 18.2 Å². The van der Waals surface area contributed by atoms with E-state index in [1.54, 1.807) is 14.2 Å². The molecule has 0 bridgehead atoms. The summed E-state index contributed by atoms with van der Waals surface area (Å²) >= 11 is 0. The largest absolute Gasteiger partial charge is 0.493 e. The first kappa shape index (κ1) is 19.1. The molecule has 0 saturated carbocycles. The first-order valence-corrected chi connectivity index (χ1v) is 8.36. The third-order valence-electron chi connectivity index (χ3n) is 3.79. The minimum absolute atomic E-state index is 0.155. The van der Waals surface area contributed by atoms with Crippen molar-refractivity contribution in [3.63, 3.8) is 0 Å². The number of benzene rings is 1. The lowest BCUT2D eigenvalue weighted by Crippen LogP contribution is -2.40. The van der Waals surface area contributed by atoms with Crippen LogP contribution in [0.2, 0.25) is 0 Å². The van der Waals surface area contributed by atoms with Gasteiger partial charge in [-0.15, -0.1) is 0 Å². The lowest BCUT2D eigenvalue weighted by molar-refractivity contribution is 0.236. The number of carbonyl (C=O) groups excluding carboxylic acids is 1. The number of carbonyl (C=O) groups is 1.